The topological polar surface area (TPSA) is 23.3 Å². The maximum atomic E-state index is 8.55. The normalized spacial score (nSPS) is 13.3. The zero-order valence-electron chi connectivity index (χ0n) is 89.5. The van der Waals surface area contributed by atoms with Crippen molar-refractivity contribution in [2.24, 2.45) is 48.2 Å². The Bertz CT molecular complexity index is 7650. The molecule has 0 radical (unpaired) electrons. The second kappa shape index (κ2) is 38.0. The molecule has 123 heavy (non-hydrogen) atoms. The van der Waals surface area contributed by atoms with Gasteiger partial charge in [0.2, 0.25) is 56.2 Å². The van der Waals surface area contributed by atoms with Crippen LogP contribution in [0.2, 0.25) is 0 Å². The Hall–Kier alpha value is -12.9. The first kappa shape index (κ1) is 70.7. The van der Waals surface area contributed by atoms with E-state index in [1.165, 1.54) is 93.6 Å². The van der Waals surface area contributed by atoms with E-state index in [0.717, 1.165) is 111 Å². The van der Waals surface area contributed by atoms with Crippen LogP contribution < -0.4 is 27.4 Å². The van der Waals surface area contributed by atoms with Gasteiger partial charge in [-0.25, -0.2) is 9.13 Å². The van der Waals surface area contributed by atoms with E-state index in [2.05, 4.69) is 273 Å². The smallest absolute Gasteiger partial charge is 0.200 e. The van der Waals surface area contributed by atoms with Crippen molar-refractivity contribution in [3.63, 3.8) is 0 Å². The van der Waals surface area contributed by atoms with Crippen LogP contribution in [0.3, 0.4) is 0 Å². The summed E-state index contributed by atoms with van der Waals surface area (Å²) in [6.07, 6.45) is 2.83. The summed E-state index contributed by atoms with van der Waals surface area (Å²) in [5.74, 6) is -0.154. The molecule has 0 aliphatic heterocycles. The van der Waals surface area contributed by atoms with E-state index in [4.69, 9.17) is 19.2 Å². The van der Waals surface area contributed by atoms with Crippen molar-refractivity contribution in [2.45, 2.75) is 138 Å². The predicted octanol–water partition coefficient (Wildman–Crippen LogP) is 26.4. The van der Waals surface area contributed by atoms with Crippen LogP contribution in [0.25, 0.3) is 133 Å². The van der Waals surface area contributed by atoms with Gasteiger partial charge in [-0.3, -0.25) is 0 Å². The van der Waals surface area contributed by atoms with Gasteiger partial charge in [0.05, 0.1) is 21.7 Å². The van der Waals surface area contributed by atoms with Gasteiger partial charge in [-0.1, -0.05) is 181 Å². The lowest BCUT2D eigenvalue weighted by atomic mass is 9.95. The summed E-state index contributed by atoms with van der Waals surface area (Å²) in [6.45, 7) is 21.8. The van der Waals surface area contributed by atoms with E-state index < -0.39 is 33.8 Å². The van der Waals surface area contributed by atoms with E-state index in [0.29, 0.717) is 27.8 Å². The molecule has 0 saturated carbocycles. The van der Waals surface area contributed by atoms with E-state index >= 15 is 0 Å². The molecule has 18 aromatic rings. The lowest BCUT2D eigenvalue weighted by molar-refractivity contribution is -0.659. The van der Waals surface area contributed by atoms with Crippen molar-refractivity contribution >= 4 is 65.2 Å². The molecule has 0 spiro atoms. The van der Waals surface area contributed by atoms with Crippen molar-refractivity contribution in [3.8, 4) is 67.5 Å². The highest BCUT2D eigenvalue weighted by molar-refractivity contribution is 5.95. The minimum Gasteiger partial charge on any atom is -0.200 e. The Morgan fingerprint density at radius 1 is 0.260 bits per heavy atom. The number of rotatable bonds is 8. The molecule has 6 nitrogen and oxygen atoms in total. The van der Waals surface area contributed by atoms with Crippen LogP contribution in [-0.4, -0.2) is 0 Å². The van der Waals surface area contributed by atoms with Crippen LogP contribution >= 0.6 is 0 Å². The van der Waals surface area contributed by atoms with Gasteiger partial charge >= 0.3 is 0 Å². The molecule has 0 unspecified atom stereocenters. The maximum absolute atomic E-state index is 8.55. The highest BCUT2D eigenvalue weighted by atomic mass is 15.0. The number of nitrogens with zero attached hydrogens (tertiary/aromatic N) is 6. The number of fused-ring (bicyclic) bond motifs is 6. The fourth-order valence-electron chi connectivity index (χ4n) is 17.3. The number of aryl methyl sites for hydroxylation is 19. The lowest BCUT2D eigenvalue weighted by Gasteiger charge is -2.12. The van der Waals surface area contributed by atoms with Crippen LogP contribution in [-0.2, 0) is 48.7 Å². The Labute approximate surface area is 752 Å². The van der Waals surface area contributed by atoms with Crippen molar-refractivity contribution in [1.29, 1.82) is 0 Å². The molecule has 18 rings (SSSR count). The van der Waals surface area contributed by atoms with Crippen molar-refractivity contribution in [2.75, 3.05) is 0 Å². The van der Waals surface area contributed by atoms with Gasteiger partial charge in [-0.2, -0.15) is 18.3 Å². The Kier molecular flexibility index (Phi) is 21.9. The molecule has 0 bridgehead atoms. The van der Waals surface area contributed by atoms with Crippen LogP contribution in [0.15, 0.2) is 291 Å². The predicted molar refractivity (Wildman–Crippen MR) is 522 cm³/mol. The van der Waals surface area contributed by atoms with Gasteiger partial charge in [0.1, 0.15) is 42.3 Å². The molecule has 0 aliphatic carbocycles. The quantitative estimate of drug-likeness (QED) is 0.135. The Morgan fingerprint density at radius 2 is 0.659 bits per heavy atom. The Morgan fingerprint density at radius 3 is 1.17 bits per heavy atom. The van der Waals surface area contributed by atoms with Crippen molar-refractivity contribution < 1.29 is 46.6 Å². The summed E-state index contributed by atoms with van der Waals surface area (Å²) >= 11 is 0. The highest BCUT2D eigenvalue weighted by Gasteiger charge is 2.25. The van der Waals surface area contributed by atoms with E-state index in [-0.39, 0.29) is 5.92 Å². The number of benzene rings is 12. The first-order valence-electron chi connectivity index (χ1n) is 49.4. The molecular formula is C117H126N6+6. The lowest BCUT2D eigenvalue weighted by Crippen LogP contribution is -2.32. The molecule has 618 valence electrons. The van der Waals surface area contributed by atoms with Crippen LogP contribution in [0.4, 0.5) is 0 Å². The molecule has 6 aromatic heterocycles. The number of para-hydroxylation sites is 2. The van der Waals surface area contributed by atoms with Gasteiger partial charge in [0, 0.05) is 124 Å². The minimum absolute atomic E-state index is 0.154. The SMILES string of the molecule is Cc1cc(C)c(C)c(-c2c3ccccc3cc[n+]2C)c1.Cc1ccccc1-c1c2ccccc2cc[n+]1C.[2H]C([2H])([2H])c1cc(C)cc(-c2cc(C)c3c(C)cccc3[n+]2C)c1C.[2H]C([2H])([2H])c1cc(C)cc(-c2ccc3c(C([2H])([2H])C(C)C)cccc3[n+]2C)c1C.[2H]C([2H])([2H])c1cc(C)cc(-c2ccc3ccccc3[n+]2C)c1C.[2H]C([2H])([2H])c1ccc(-c2ccc3ccccc3[n+]2C)c(C)c1. The summed E-state index contributed by atoms with van der Waals surface area (Å²) < 4.78 is 123. The van der Waals surface area contributed by atoms with Gasteiger partial charge in [0.25, 0.3) is 0 Å². The molecule has 6 heteroatoms. The van der Waals surface area contributed by atoms with Crippen molar-refractivity contribution in [3.05, 3.63) is 392 Å². The summed E-state index contributed by atoms with van der Waals surface area (Å²) in [5, 5.41) is 9.68. The molecule has 0 saturated heterocycles. The molecule has 0 N–H and O–H groups in total. The second-order valence-corrected chi connectivity index (χ2v) is 33.5. The van der Waals surface area contributed by atoms with Gasteiger partial charge < -0.3 is 0 Å². The summed E-state index contributed by atoms with van der Waals surface area (Å²) in [4.78, 5) is 0. The second-order valence-electron chi connectivity index (χ2n) is 33.5. The number of pyridine rings is 6. The Balaban J connectivity index is 0.000000140. The molecule has 12 aromatic carbocycles. The molecular weight excluding hydrogens is 1490 g/mol. The third-order valence-corrected chi connectivity index (χ3v) is 24.1. The first-order chi connectivity index (χ1) is 64.5. The zero-order chi connectivity index (χ0) is 99.7. The standard InChI is InChI=1S/C23H28N.C21H24N.2C19H20N.C18H18N.C17H16N/c1-15(2)12-19-8-7-9-22-20(19)10-11-23(24(22)6)21-14-16(3)13-17(4)18(21)5;1-13-10-15(3)17(5)18(11-13)20-12-16(4)21-14(2)8-7-9-19(21)22(20)6;1-13-11-14(2)15(3)17(12-13)19-10-9-16-7-5-6-8-18(16)20(19)4;1-13-11-14(2)15(3)18(12-13)19-17-8-6-5-7-16(17)9-10-20(19)4;1-13-8-10-16(14(2)12-13)18-11-9-15-6-4-5-7-17(15)19(18)3;1-13-7-3-5-9-15(13)17-16-10-6-4-8-14(16)11-12-18(17)2/h7-11,13-15H,12H2,1-6H3;7-12H,1-6H3;2*5-12H,1-4H3;4-12H,1-3H3;3-12H,1-2H3/q6*+1/i4D3,12D2;3D3;2D3;;1D3;. The van der Waals surface area contributed by atoms with Crippen LogP contribution in [0.1, 0.15) is 133 Å². The molecule has 0 aliphatic rings. The van der Waals surface area contributed by atoms with E-state index in [9.17, 15) is 0 Å². The van der Waals surface area contributed by atoms with Gasteiger partial charge in [-0.15, -0.1) is 0 Å². The van der Waals surface area contributed by atoms with Gasteiger partial charge in [-0.05, 0) is 292 Å². The fraction of sp³-hybridized carbons (Fsp3) is 0.231. The largest absolute Gasteiger partial charge is 0.220 e. The van der Waals surface area contributed by atoms with Crippen LogP contribution in [0.5, 0.6) is 0 Å². The zero-order valence-corrected chi connectivity index (χ0v) is 75.5. The molecule has 0 atom stereocenters. The minimum atomic E-state index is -2.17. The van der Waals surface area contributed by atoms with Crippen molar-refractivity contribution in [1.82, 2.24) is 0 Å². The summed E-state index contributed by atoms with van der Waals surface area (Å²) in [5.41, 5.74) is 33.8. The van der Waals surface area contributed by atoms with Gasteiger partial charge in [0.15, 0.2) is 12.4 Å². The number of hydrogen-bond acceptors (Lipinski definition) is 0. The average molecular weight is 1630 g/mol. The number of hydrogen-bond donors (Lipinski definition) is 0. The average Bonchev–Trinajstić information content (AvgIpc) is 0.786. The first-order valence-corrected chi connectivity index (χ1v) is 42.4. The fourth-order valence-corrected chi connectivity index (χ4v) is 17.3. The maximum Gasteiger partial charge on any atom is 0.220 e. The summed E-state index contributed by atoms with van der Waals surface area (Å²) in [7, 11) is 12.3. The molecule has 0 fully saturated rings. The third kappa shape index (κ3) is 19.1. The highest BCUT2D eigenvalue weighted by Crippen LogP contribution is 2.35. The molecule has 0 amide bonds. The van der Waals surface area contributed by atoms with E-state index in [1.807, 2.05) is 162 Å². The van der Waals surface area contributed by atoms with Crippen LogP contribution in [0, 0.1) is 123 Å². The monoisotopic (exact) mass is 1630 g/mol. The summed E-state index contributed by atoms with van der Waals surface area (Å²) in [6, 6.07) is 94.3. The van der Waals surface area contributed by atoms with E-state index in [1.54, 1.807) is 30.3 Å². The molecule has 6 heterocycles. The number of aromatic nitrogens is 6. The third-order valence-electron chi connectivity index (χ3n) is 24.1.